The maximum atomic E-state index is 14.0. The van der Waals surface area contributed by atoms with Crippen molar-refractivity contribution in [2.75, 3.05) is 6.54 Å². The molecule has 5 nitrogen and oxygen atoms in total. The first-order valence-electron chi connectivity index (χ1n) is 8.96. The van der Waals surface area contributed by atoms with Gasteiger partial charge in [0.25, 0.3) is 5.91 Å². The number of nitrogens with one attached hydrogen (secondary N) is 1. The summed E-state index contributed by atoms with van der Waals surface area (Å²) >= 11 is 1.45. The third-order valence-corrected chi connectivity index (χ3v) is 5.43. The maximum Gasteiger partial charge on any atom is 0.251 e. The number of hydrogen-bond acceptors (Lipinski definition) is 4. The number of benzene rings is 2. The van der Waals surface area contributed by atoms with Crippen LogP contribution >= 0.6 is 11.3 Å². The van der Waals surface area contributed by atoms with Crippen LogP contribution in [-0.2, 0) is 6.42 Å². The summed E-state index contributed by atoms with van der Waals surface area (Å²) in [6.45, 7) is 4.37. The van der Waals surface area contributed by atoms with Crippen LogP contribution < -0.4 is 5.32 Å². The molecule has 0 atom stereocenters. The van der Waals surface area contributed by atoms with E-state index in [1.54, 1.807) is 22.7 Å². The Hall–Kier alpha value is -3.06. The van der Waals surface area contributed by atoms with Crippen LogP contribution in [0.4, 0.5) is 4.39 Å². The van der Waals surface area contributed by atoms with Crippen LogP contribution in [0.25, 0.3) is 16.3 Å². The summed E-state index contributed by atoms with van der Waals surface area (Å²) in [4.78, 5) is 17.6. The van der Waals surface area contributed by atoms with Crippen LogP contribution in [0.2, 0.25) is 0 Å². The Bertz CT molecular complexity index is 1160. The number of carbonyl (C=O) groups is 1. The third-order valence-electron chi connectivity index (χ3n) is 4.57. The lowest BCUT2D eigenvalue weighted by Crippen LogP contribution is -2.26. The topological polar surface area (TPSA) is 59.3 Å². The number of amides is 1. The number of thiazole rings is 1. The van der Waals surface area contributed by atoms with Crippen LogP contribution in [0.3, 0.4) is 0 Å². The molecule has 1 amide bonds. The van der Waals surface area contributed by atoms with Gasteiger partial charge in [-0.15, -0.1) is 16.4 Å². The molecule has 0 aliphatic heterocycles. The van der Waals surface area contributed by atoms with Crippen molar-refractivity contribution in [1.29, 1.82) is 0 Å². The van der Waals surface area contributed by atoms with Gasteiger partial charge in [-0.1, -0.05) is 29.8 Å². The second-order valence-corrected chi connectivity index (χ2v) is 7.50. The first-order valence-corrected chi connectivity index (χ1v) is 9.84. The zero-order valence-corrected chi connectivity index (χ0v) is 16.4. The molecular formula is C21H19FN4OS. The molecule has 0 spiro atoms. The van der Waals surface area contributed by atoms with Crippen molar-refractivity contribution in [2.24, 2.45) is 0 Å². The van der Waals surface area contributed by atoms with E-state index in [1.165, 1.54) is 17.4 Å². The molecule has 7 heteroatoms. The van der Waals surface area contributed by atoms with Crippen LogP contribution in [0.15, 0.2) is 47.8 Å². The Morgan fingerprint density at radius 1 is 1.21 bits per heavy atom. The predicted molar refractivity (Wildman–Crippen MR) is 108 cm³/mol. The molecular weight excluding hydrogens is 375 g/mol. The van der Waals surface area contributed by atoms with E-state index in [1.807, 2.05) is 37.4 Å². The standard InChI is InChI=1S/C21H19FN4OS/c1-13-7-8-14(2)17(11-13)20(27)23-10-9-15-12-28-21-24-19(25-26(15)21)16-5-3-4-6-18(16)22/h3-8,11-12H,9-10H2,1-2H3,(H,23,27). The van der Waals surface area contributed by atoms with Gasteiger partial charge in [0.15, 0.2) is 5.82 Å². The van der Waals surface area contributed by atoms with E-state index in [4.69, 9.17) is 0 Å². The van der Waals surface area contributed by atoms with Crippen molar-refractivity contribution in [2.45, 2.75) is 20.3 Å². The van der Waals surface area contributed by atoms with Crippen LogP contribution in [0.5, 0.6) is 0 Å². The monoisotopic (exact) mass is 394 g/mol. The third kappa shape index (κ3) is 3.53. The number of fused-ring (bicyclic) bond motifs is 1. The maximum absolute atomic E-state index is 14.0. The minimum Gasteiger partial charge on any atom is -0.352 e. The molecule has 4 rings (SSSR count). The lowest BCUT2D eigenvalue weighted by atomic mass is 10.1. The highest BCUT2D eigenvalue weighted by molar-refractivity contribution is 7.15. The fraction of sp³-hybridized carbons (Fsp3) is 0.190. The van der Waals surface area contributed by atoms with Gasteiger partial charge < -0.3 is 5.32 Å². The highest BCUT2D eigenvalue weighted by Gasteiger charge is 2.14. The van der Waals surface area contributed by atoms with Gasteiger partial charge in [-0.2, -0.15) is 4.98 Å². The minimum atomic E-state index is -0.344. The number of halogens is 1. The predicted octanol–water partition coefficient (Wildman–Crippen LogP) is 4.19. The minimum absolute atomic E-state index is 0.0849. The van der Waals surface area contributed by atoms with E-state index < -0.39 is 0 Å². The van der Waals surface area contributed by atoms with Gasteiger partial charge in [0.1, 0.15) is 5.82 Å². The van der Waals surface area contributed by atoms with Gasteiger partial charge in [0.2, 0.25) is 4.96 Å². The van der Waals surface area contributed by atoms with E-state index in [2.05, 4.69) is 15.4 Å². The summed E-state index contributed by atoms with van der Waals surface area (Å²) < 4.78 is 15.7. The van der Waals surface area contributed by atoms with Gasteiger partial charge in [-0.3, -0.25) is 4.79 Å². The van der Waals surface area contributed by atoms with Gasteiger partial charge in [0.05, 0.1) is 11.3 Å². The highest BCUT2D eigenvalue weighted by atomic mass is 32.1. The van der Waals surface area contributed by atoms with E-state index >= 15 is 0 Å². The van der Waals surface area contributed by atoms with Crippen molar-refractivity contribution in [3.63, 3.8) is 0 Å². The van der Waals surface area contributed by atoms with Gasteiger partial charge >= 0.3 is 0 Å². The molecule has 0 unspecified atom stereocenters. The van der Waals surface area contributed by atoms with Crippen molar-refractivity contribution in [1.82, 2.24) is 19.9 Å². The second kappa shape index (κ2) is 7.52. The van der Waals surface area contributed by atoms with Crippen molar-refractivity contribution >= 4 is 22.2 Å². The van der Waals surface area contributed by atoms with E-state index in [0.29, 0.717) is 34.9 Å². The van der Waals surface area contributed by atoms with Gasteiger partial charge in [-0.05, 0) is 37.6 Å². The molecule has 0 aliphatic carbocycles. The molecule has 0 saturated carbocycles. The first kappa shape index (κ1) is 18.3. The summed E-state index contributed by atoms with van der Waals surface area (Å²) in [7, 11) is 0. The zero-order chi connectivity index (χ0) is 19.7. The SMILES string of the molecule is Cc1ccc(C)c(C(=O)NCCc2csc3nc(-c4ccccc4F)nn23)c1. The number of carbonyl (C=O) groups excluding carboxylic acids is 1. The van der Waals surface area contributed by atoms with Gasteiger partial charge in [-0.25, -0.2) is 8.91 Å². The quantitative estimate of drug-likeness (QED) is 0.552. The van der Waals surface area contributed by atoms with Gasteiger partial charge in [0, 0.05) is 23.9 Å². The normalized spacial score (nSPS) is 11.1. The number of aryl methyl sites for hydroxylation is 2. The van der Waals surface area contributed by atoms with Crippen molar-refractivity contribution < 1.29 is 9.18 Å². The van der Waals surface area contributed by atoms with Crippen LogP contribution in [-0.4, -0.2) is 27.0 Å². The van der Waals surface area contributed by atoms with Crippen molar-refractivity contribution in [3.8, 4) is 11.4 Å². The Morgan fingerprint density at radius 3 is 2.86 bits per heavy atom. The molecule has 0 aliphatic rings. The summed E-state index contributed by atoms with van der Waals surface area (Å²) in [5.74, 6) is -0.0629. The Morgan fingerprint density at radius 2 is 2.04 bits per heavy atom. The Kier molecular flexibility index (Phi) is 4.92. The lowest BCUT2D eigenvalue weighted by Gasteiger charge is -2.08. The molecule has 142 valence electrons. The molecule has 0 radical (unpaired) electrons. The fourth-order valence-electron chi connectivity index (χ4n) is 3.03. The van der Waals surface area contributed by atoms with Crippen LogP contribution in [0, 0.1) is 19.7 Å². The fourth-order valence-corrected chi connectivity index (χ4v) is 3.89. The molecule has 0 saturated heterocycles. The Labute approximate surface area is 165 Å². The smallest absolute Gasteiger partial charge is 0.251 e. The average Bonchev–Trinajstić information content (AvgIpc) is 3.25. The molecule has 4 aromatic rings. The molecule has 2 aromatic heterocycles. The van der Waals surface area contributed by atoms with E-state index in [9.17, 15) is 9.18 Å². The second-order valence-electron chi connectivity index (χ2n) is 6.66. The molecule has 0 fully saturated rings. The molecule has 2 aromatic carbocycles. The molecule has 1 N–H and O–H groups in total. The summed E-state index contributed by atoms with van der Waals surface area (Å²) in [5.41, 5.74) is 4.01. The molecule has 2 heterocycles. The molecule has 28 heavy (non-hydrogen) atoms. The van der Waals surface area contributed by atoms with E-state index in [-0.39, 0.29) is 11.7 Å². The summed E-state index contributed by atoms with van der Waals surface area (Å²) in [5, 5.41) is 9.37. The highest BCUT2D eigenvalue weighted by Crippen LogP contribution is 2.23. The average molecular weight is 394 g/mol. The summed E-state index contributed by atoms with van der Waals surface area (Å²) in [6, 6.07) is 12.3. The Balaban J connectivity index is 1.48. The number of aromatic nitrogens is 3. The first-order chi connectivity index (χ1) is 13.5. The molecule has 0 bridgehead atoms. The summed E-state index contributed by atoms with van der Waals surface area (Å²) in [6.07, 6.45) is 0.608. The zero-order valence-electron chi connectivity index (χ0n) is 15.6. The number of nitrogens with zero attached hydrogens (tertiary/aromatic N) is 3. The number of hydrogen-bond donors (Lipinski definition) is 1. The number of rotatable bonds is 5. The van der Waals surface area contributed by atoms with Crippen molar-refractivity contribution in [3.05, 3.63) is 76.0 Å². The lowest BCUT2D eigenvalue weighted by molar-refractivity contribution is 0.0953. The van der Waals surface area contributed by atoms with E-state index in [0.717, 1.165) is 16.8 Å². The van der Waals surface area contributed by atoms with Crippen LogP contribution in [0.1, 0.15) is 27.2 Å². The largest absolute Gasteiger partial charge is 0.352 e.